The first-order valence-electron chi connectivity index (χ1n) is 8.22. The van der Waals surface area contributed by atoms with Crippen LogP contribution in [-0.4, -0.2) is 48.6 Å². The quantitative estimate of drug-likeness (QED) is 0.343. The van der Waals surface area contributed by atoms with Gasteiger partial charge in [0.15, 0.2) is 0 Å². The summed E-state index contributed by atoms with van der Waals surface area (Å²) < 4.78 is 0. The molecule has 1 aromatic rings. The third kappa shape index (κ3) is 7.16. The molecule has 0 bridgehead atoms. The van der Waals surface area contributed by atoms with Crippen molar-refractivity contribution in [1.29, 1.82) is 5.26 Å². The van der Waals surface area contributed by atoms with Crippen molar-refractivity contribution in [2.45, 2.75) is 20.3 Å². The topological polar surface area (TPSA) is 88.4 Å². The number of carbonyl (C=O) groups is 1. The highest BCUT2D eigenvalue weighted by molar-refractivity contribution is 5.97. The number of benzene rings is 1. The zero-order valence-electron chi connectivity index (χ0n) is 14.4. The van der Waals surface area contributed by atoms with E-state index in [0.29, 0.717) is 19.5 Å². The van der Waals surface area contributed by atoms with E-state index < -0.39 is 0 Å². The van der Waals surface area contributed by atoms with Crippen molar-refractivity contribution in [3.8, 4) is 11.8 Å². The fourth-order valence-electron chi connectivity index (χ4n) is 2.16. The molecule has 3 N–H and O–H groups in total. The monoisotopic (exact) mass is 330 g/mol. The summed E-state index contributed by atoms with van der Waals surface area (Å²) in [6.45, 7) is 8.14. The van der Waals surface area contributed by atoms with E-state index in [0.717, 1.165) is 25.2 Å². The van der Waals surface area contributed by atoms with Gasteiger partial charge in [0.1, 0.15) is 17.4 Å². The molecule has 1 rings (SSSR count). The molecular weight excluding hydrogens is 304 g/mol. The lowest BCUT2D eigenvalue weighted by Crippen LogP contribution is -2.31. The summed E-state index contributed by atoms with van der Waals surface area (Å²) in [4.78, 5) is 14.2. The minimum Gasteiger partial charge on any atom is -0.508 e. The van der Waals surface area contributed by atoms with E-state index in [1.807, 2.05) is 6.07 Å². The Labute approximate surface area is 143 Å². The van der Waals surface area contributed by atoms with Gasteiger partial charge in [0.05, 0.1) is 0 Å². The molecule has 1 amide bonds. The first-order chi connectivity index (χ1) is 11.6. The largest absolute Gasteiger partial charge is 0.508 e. The Kier molecular flexibility index (Phi) is 9.02. The fourth-order valence-corrected chi connectivity index (χ4v) is 2.16. The van der Waals surface area contributed by atoms with Crippen LogP contribution in [0, 0.1) is 11.3 Å². The van der Waals surface area contributed by atoms with Crippen LogP contribution in [-0.2, 0) is 11.2 Å². The van der Waals surface area contributed by atoms with E-state index in [2.05, 4.69) is 29.4 Å². The summed E-state index contributed by atoms with van der Waals surface area (Å²) in [5.41, 5.74) is 1.08. The zero-order valence-corrected chi connectivity index (χ0v) is 14.4. The molecular formula is C18H26N4O2. The molecule has 130 valence electrons. The molecule has 0 spiro atoms. The molecule has 0 fully saturated rings. The Hall–Kier alpha value is -2.52. The molecule has 24 heavy (non-hydrogen) atoms. The van der Waals surface area contributed by atoms with Crippen LogP contribution in [0.3, 0.4) is 0 Å². The van der Waals surface area contributed by atoms with Crippen LogP contribution >= 0.6 is 0 Å². The van der Waals surface area contributed by atoms with Crippen LogP contribution in [0.15, 0.2) is 36.0 Å². The maximum atomic E-state index is 12.0. The number of rotatable bonds is 10. The van der Waals surface area contributed by atoms with E-state index in [4.69, 9.17) is 5.26 Å². The predicted octanol–water partition coefficient (Wildman–Crippen LogP) is 1.39. The molecule has 0 aliphatic rings. The minimum absolute atomic E-state index is 0.0697. The maximum absolute atomic E-state index is 12.0. The Bertz CT molecular complexity index is 572. The molecule has 0 aliphatic heterocycles. The average molecular weight is 330 g/mol. The molecule has 6 nitrogen and oxygen atoms in total. The second-order valence-electron chi connectivity index (χ2n) is 5.32. The summed E-state index contributed by atoms with van der Waals surface area (Å²) in [6.07, 6.45) is 2.11. The summed E-state index contributed by atoms with van der Waals surface area (Å²) in [5, 5.41) is 24.0. The van der Waals surface area contributed by atoms with Crippen LogP contribution in [0.1, 0.15) is 19.4 Å². The molecule has 0 aromatic heterocycles. The molecule has 0 heterocycles. The molecule has 0 atom stereocenters. The first kappa shape index (κ1) is 19.5. The van der Waals surface area contributed by atoms with Crippen molar-refractivity contribution >= 4 is 5.91 Å². The number of phenolic OH excluding ortho intramolecular Hbond substituents is 1. The lowest BCUT2D eigenvalue weighted by molar-refractivity contribution is -0.117. The number of nitrogens with zero attached hydrogens (tertiary/aromatic N) is 2. The van der Waals surface area contributed by atoms with Crippen molar-refractivity contribution in [3.05, 3.63) is 41.6 Å². The average Bonchev–Trinajstić information content (AvgIpc) is 2.60. The number of likely N-dealkylation sites (N-methyl/N-ethyl adjacent to an activating group) is 1. The summed E-state index contributed by atoms with van der Waals surface area (Å²) in [7, 11) is 0. The fraction of sp³-hybridized carbons (Fsp3) is 0.444. The van der Waals surface area contributed by atoms with Crippen molar-refractivity contribution < 1.29 is 9.90 Å². The number of nitrogens with one attached hydrogen (secondary N) is 2. The summed E-state index contributed by atoms with van der Waals surface area (Å²) >= 11 is 0. The highest BCUT2D eigenvalue weighted by atomic mass is 16.3. The van der Waals surface area contributed by atoms with Gasteiger partial charge in [-0.05, 0) is 37.2 Å². The Balaban J connectivity index is 2.36. The second kappa shape index (κ2) is 11.1. The second-order valence-corrected chi connectivity index (χ2v) is 5.32. The van der Waals surface area contributed by atoms with Crippen molar-refractivity contribution in [2.24, 2.45) is 0 Å². The molecule has 0 saturated heterocycles. The normalized spacial score (nSPS) is 11.2. The van der Waals surface area contributed by atoms with Crippen molar-refractivity contribution in [3.63, 3.8) is 0 Å². The van der Waals surface area contributed by atoms with Gasteiger partial charge in [0.25, 0.3) is 5.91 Å². The highest BCUT2D eigenvalue weighted by Crippen LogP contribution is 2.09. The minimum atomic E-state index is -0.383. The number of hydrogen-bond acceptors (Lipinski definition) is 5. The predicted molar refractivity (Wildman–Crippen MR) is 94.3 cm³/mol. The van der Waals surface area contributed by atoms with Gasteiger partial charge in [0, 0.05) is 25.8 Å². The van der Waals surface area contributed by atoms with E-state index >= 15 is 0 Å². The van der Waals surface area contributed by atoms with Gasteiger partial charge in [0.2, 0.25) is 0 Å². The van der Waals surface area contributed by atoms with Crippen molar-refractivity contribution in [1.82, 2.24) is 15.5 Å². The number of nitriles is 1. The van der Waals surface area contributed by atoms with Gasteiger partial charge in [-0.3, -0.25) is 4.79 Å². The Morgan fingerprint density at radius 2 is 1.92 bits per heavy atom. The van der Waals surface area contributed by atoms with E-state index in [9.17, 15) is 9.90 Å². The maximum Gasteiger partial charge on any atom is 0.263 e. The van der Waals surface area contributed by atoms with Gasteiger partial charge in [-0.15, -0.1) is 0 Å². The van der Waals surface area contributed by atoms with E-state index in [1.165, 1.54) is 6.20 Å². The highest BCUT2D eigenvalue weighted by Gasteiger charge is 2.08. The Morgan fingerprint density at radius 3 is 2.50 bits per heavy atom. The van der Waals surface area contributed by atoms with Crippen LogP contribution in [0.4, 0.5) is 0 Å². The molecule has 6 heteroatoms. The van der Waals surface area contributed by atoms with Gasteiger partial charge < -0.3 is 20.6 Å². The molecule has 0 radical (unpaired) electrons. The standard InChI is InChI=1S/C18H26N4O2/c1-3-22(4-2)12-11-20-14-16(13-19)18(24)21-10-9-15-5-7-17(23)8-6-15/h5-8,14,20,23H,3-4,9-12H2,1-2H3,(H,21,24)/b16-14-. The van der Waals surface area contributed by atoms with Gasteiger partial charge >= 0.3 is 0 Å². The van der Waals surface area contributed by atoms with Crippen LogP contribution in [0.25, 0.3) is 0 Å². The molecule has 1 aromatic carbocycles. The lowest BCUT2D eigenvalue weighted by atomic mass is 10.1. The number of amides is 1. The number of hydrogen-bond donors (Lipinski definition) is 3. The molecule has 0 saturated carbocycles. The number of carbonyl (C=O) groups excluding carboxylic acids is 1. The lowest BCUT2D eigenvalue weighted by Gasteiger charge is -2.17. The van der Waals surface area contributed by atoms with Crippen molar-refractivity contribution in [2.75, 3.05) is 32.7 Å². The first-order valence-corrected chi connectivity index (χ1v) is 8.22. The van der Waals surface area contributed by atoms with Gasteiger partial charge in [-0.25, -0.2) is 0 Å². The van der Waals surface area contributed by atoms with E-state index in [-0.39, 0.29) is 17.2 Å². The van der Waals surface area contributed by atoms with Gasteiger partial charge in [-0.2, -0.15) is 5.26 Å². The van der Waals surface area contributed by atoms with Crippen LogP contribution in [0.5, 0.6) is 5.75 Å². The van der Waals surface area contributed by atoms with Crippen LogP contribution < -0.4 is 10.6 Å². The smallest absolute Gasteiger partial charge is 0.263 e. The third-order valence-electron chi connectivity index (χ3n) is 3.71. The summed E-state index contributed by atoms with van der Waals surface area (Å²) in [5.74, 6) is -0.167. The SMILES string of the molecule is CCN(CC)CCN/C=C(/C#N)C(=O)NCCc1ccc(O)cc1. The Morgan fingerprint density at radius 1 is 1.25 bits per heavy atom. The third-order valence-corrected chi connectivity index (χ3v) is 3.71. The number of aromatic hydroxyl groups is 1. The van der Waals surface area contributed by atoms with Crippen LogP contribution in [0.2, 0.25) is 0 Å². The van der Waals surface area contributed by atoms with Gasteiger partial charge in [-0.1, -0.05) is 26.0 Å². The molecule has 0 aliphatic carbocycles. The van der Waals surface area contributed by atoms with E-state index in [1.54, 1.807) is 24.3 Å². The summed E-state index contributed by atoms with van der Waals surface area (Å²) in [6, 6.07) is 8.74. The zero-order chi connectivity index (χ0) is 17.8. The molecule has 0 unspecified atom stereocenters. The number of phenols is 1.